The molecule has 1 saturated heterocycles. The summed E-state index contributed by atoms with van der Waals surface area (Å²) in [6.07, 6.45) is 5.73. The number of carbonyl (C=O) groups is 1. The molecule has 1 fully saturated rings. The molecule has 5 nitrogen and oxygen atoms in total. The lowest BCUT2D eigenvalue weighted by molar-refractivity contribution is 0.0958. The molecule has 0 aliphatic carbocycles. The third-order valence-corrected chi connectivity index (χ3v) is 2.73. The van der Waals surface area contributed by atoms with Gasteiger partial charge in [0.15, 0.2) is 5.78 Å². The van der Waals surface area contributed by atoms with Crippen LogP contribution >= 0.6 is 0 Å². The predicted molar refractivity (Wildman–Crippen MR) is 55.6 cm³/mol. The molecule has 1 aliphatic rings. The summed E-state index contributed by atoms with van der Waals surface area (Å²) < 4.78 is 1.56. The molecule has 1 unspecified atom stereocenters. The van der Waals surface area contributed by atoms with Crippen LogP contribution in [-0.2, 0) is 7.05 Å². The van der Waals surface area contributed by atoms with Crippen LogP contribution < -0.4 is 5.32 Å². The first kappa shape index (κ1) is 10.3. The Hall–Kier alpha value is -1.23. The monoisotopic (exact) mass is 208 g/mol. The predicted octanol–water partition coefficient (Wildman–Crippen LogP) is 0.530. The topological polar surface area (TPSA) is 59.8 Å². The molecule has 1 aliphatic heterocycles. The van der Waals surface area contributed by atoms with E-state index < -0.39 is 0 Å². The Morgan fingerprint density at radius 2 is 2.53 bits per heavy atom. The van der Waals surface area contributed by atoms with Crippen molar-refractivity contribution in [2.24, 2.45) is 7.05 Å². The van der Waals surface area contributed by atoms with E-state index in [1.54, 1.807) is 17.9 Å². The van der Waals surface area contributed by atoms with Crippen molar-refractivity contribution in [3.8, 4) is 0 Å². The van der Waals surface area contributed by atoms with Gasteiger partial charge < -0.3 is 5.32 Å². The van der Waals surface area contributed by atoms with Crippen LogP contribution in [0.3, 0.4) is 0 Å². The lowest BCUT2D eigenvalue weighted by Gasteiger charge is -2.22. The Kier molecular flexibility index (Phi) is 3.11. The molecule has 82 valence electrons. The molecule has 0 aromatic carbocycles. The highest BCUT2D eigenvalue weighted by atomic mass is 16.1. The molecule has 0 bridgehead atoms. The molecule has 0 amide bonds. The number of Topliss-reactive ketones (excluding diaryl/α,β-unsaturated/α-hetero) is 1. The molecule has 5 heteroatoms. The summed E-state index contributed by atoms with van der Waals surface area (Å²) in [6.45, 7) is 1.03. The van der Waals surface area contributed by atoms with E-state index in [1.165, 1.54) is 12.8 Å². The van der Waals surface area contributed by atoms with Crippen LogP contribution in [0.5, 0.6) is 0 Å². The zero-order chi connectivity index (χ0) is 10.7. The van der Waals surface area contributed by atoms with E-state index in [1.807, 2.05) is 0 Å². The summed E-state index contributed by atoms with van der Waals surface area (Å²) in [7, 11) is 1.77. The summed E-state index contributed by atoms with van der Waals surface area (Å²) in [5.74, 6) is 0.0856. The maximum absolute atomic E-state index is 11.8. The normalized spacial score (nSPS) is 21.5. The molecule has 1 atom stereocenters. The van der Waals surface area contributed by atoms with Gasteiger partial charge in [0.05, 0.1) is 6.20 Å². The molecule has 1 aromatic heterocycles. The number of hydrogen-bond acceptors (Lipinski definition) is 4. The van der Waals surface area contributed by atoms with Crippen LogP contribution in [0.15, 0.2) is 6.20 Å². The van der Waals surface area contributed by atoms with E-state index in [-0.39, 0.29) is 5.78 Å². The maximum atomic E-state index is 11.8. The van der Waals surface area contributed by atoms with Gasteiger partial charge in [-0.2, -0.15) is 0 Å². The molecule has 0 saturated carbocycles. The van der Waals surface area contributed by atoms with E-state index in [0.717, 1.165) is 13.0 Å². The lowest BCUT2D eigenvalue weighted by atomic mass is 9.99. The highest BCUT2D eigenvalue weighted by Gasteiger charge is 2.18. The minimum absolute atomic E-state index is 0.0856. The average molecular weight is 208 g/mol. The van der Waals surface area contributed by atoms with Gasteiger partial charge in [0.25, 0.3) is 0 Å². The highest BCUT2D eigenvalue weighted by molar-refractivity contribution is 5.94. The number of carbonyl (C=O) groups excluding carboxylic acids is 1. The second-order valence-electron chi connectivity index (χ2n) is 4.05. The number of rotatable bonds is 3. The van der Waals surface area contributed by atoms with Gasteiger partial charge in [-0.05, 0) is 19.4 Å². The number of aryl methyl sites for hydroxylation is 1. The van der Waals surface area contributed by atoms with Gasteiger partial charge in [0.1, 0.15) is 5.69 Å². The highest BCUT2D eigenvalue weighted by Crippen LogP contribution is 2.12. The Balaban J connectivity index is 1.91. The molecule has 15 heavy (non-hydrogen) atoms. The van der Waals surface area contributed by atoms with Crippen molar-refractivity contribution >= 4 is 5.78 Å². The Labute approximate surface area is 88.9 Å². The average Bonchev–Trinajstić information content (AvgIpc) is 2.66. The number of aromatic nitrogens is 3. The molecule has 2 rings (SSSR count). The van der Waals surface area contributed by atoms with Crippen LogP contribution in [-0.4, -0.2) is 33.4 Å². The number of hydrogen-bond donors (Lipinski definition) is 1. The van der Waals surface area contributed by atoms with E-state index in [0.29, 0.717) is 18.2 Å². The van der Waals surface area contributed by atoms with Gasteiger partial charge in [0.2, 0.25) is 0 Å². The molecular formula is C10H16N4O. The molecular weight excluding hydrogens is 192 g/mol. The zero-order valence-corrected chi connectivity index (χ0v) is 8.94. The minimum atomic E-state index is 0.0856. The van der Waals surface area contributed by atoms with Gasteiger partial charge in [-0.15, -0.1) is 5.10 Å². The SMILES string of the molecule is Cn1cc(C(=O)CC2CCCCN2)nn1. The summed E-state index contributed by atoms with van der Waals surface area (Å²) in [5.41, 5.74) is 0.477. The van der Waals surface area contributed by atoms with E-state index in [9.17, 15) is 4.79 Å². The molecule has 0 radical (unpaired) electrons. The smallest absolute Gasteiger partial charge is 0.186 e. The Morgan fingerprint density at radius 1 is 1.67 bits per heavy atom. The standard InChI is InChI=1S/C10H16N4O/c1-14-7-9(12-13-14)10(15)6-8-4-2-3-5-11-8/h7-8,11H,2-6H2,1H3. The largest absolute Gasteiger partial charge is 0.314 e. The first-order chi connectivity index (χ1) is 7.25. The van der Waals surface area contributed by atoms with Crippen molar-refractivity contribution in [3.05, 3.63) is 11.9 Å². The number of nitrogens with zero attached hydrogens (tertiary/aromatic N) is 3. The van der Waals surface area contributed by atoms with Gasteiger partial charge in [-0.25, -0.2) is 0 Å². The van der Waals surface area contributed by atoms with Gasteiger partial charge in [0, 0.05) is 19.5 Å². The maximum Gasteiger partial charge on any atom is 0.186 e. The van der Waals surface area contributed by atoms with Crippen LogP contribution in [0.2, 0.25) is 0 Å². The van der Waals surface area contributed by atoms with Crippen molar-refractivity contribution < 1.29 is 4.79 Å². The van der Waals surface area contributed by atoms with Crippen molar-refractivity contribution in [2.75, 3.05) is 6.54 Å². The lowest BCUT2D eigenvalue weighted by Crippen LogP contribution is -2.35. The quantitative estimate of drug-likeness (QED) is 0.736. The van der Waals surface area contributed by atoms with Crippen molar-refractivity contribution in [1.82, 2.24) is 20.3 Å². The Bertz CT molecular complexity index is 341. The fourth-order valence-electron chi connectivity index (χ4n) is 1.90. The van der Waals surface area contributed by atoms with Gasteiger partial charge >= 0.3 is 0 Å². The fourth-order valence-corrected chi connectivity index (χ4v) is 1.90. The minimum Gasteiger partial charge on any atom is -0.314 e. The summed E-state index contributed by atoms with van der Waals surface area (Å²) in [4.78, 5) is 11.8. The second-order valence-corrected chi connectivity index (χ2v) is 4.05. The molecule has 2 heterocycles. The summed E-state index contributed by atoms with van der Waals surface area (Å²) in [5, 5.41) is 10.9. The number of ketones is 1. The first-order valence-corrected chi connectivity index (χ1v) is 5.38. The summed E-state index contributed by atoms with van der Waals surface area (Å²) in [6, 6.07) is 0.327. The van der Waals surface area contributed by atoms with Crippen LogP contribution in [0, 0.1) is 0 Å². The third kappa shape index (κ3) is 2.62. The van der Waals surface area contributed by atoms with Crippen molar-refractivity contribution in [1.29, 1.82) is 0 Å². The number of nitrogens with one attached hydrogen (secondary N) is 1. The van der Waals surface area contributed by atoms with Gasteiger partial charge in [-0.3, -0.25) is 9.48 Å². The van der Waals surface area contributed by atoms with Crippen LogP contribution in [0.25, 0.3) is 0 Å². The van der Waals surface area contributed by atoms with Crippen LogP contribution in [0.4, 0.5) is 0 Å². The van der Waals surface area contributed by atoms with Crippen LogP contribution in [0.1, 0.15) is 36.2 Å². The van der Waals surface area contributed by atoms with Gasteiger partial charge in [-0.1, -0.05) is 11.6 Å². The zero-order valence-electron chi connectivity index (χ0n) is 8.94. The fraction of sp³-hybridized carbons (Fsp3) is 0.700. The number of piperidine rings is 1. The first-order valence-electron chi connectivity index (χ1n) is 5.38. The van der Waals surface area contributed by atoms with Crippen molar-refractivity contribution in [2.45, 2.75) is 31.7 Å². The molecule has 1 aromatic rings. The Morgan fingerprint density at radius 3 is 3.13 bits per heavy atom. The van der Waals surface area contributed by atoms with E-state index in [4.69, 9.17) is 0 Å². The third-order valence-electron chi connectivity index (χ3n) is 2.73. The van der Waals surface area contributed by atoms with Crippen molar-refractivity contribution in [3.63, 3.8) is 0 Å². The summed E-state index contributed by atoms with van der Waals surface area (Å²) >= 11 is 0. The second kappa shape index (κ2) is 4.53. The van der Waals surface area contributed by atoms with E-state index in [2.05, 4.69) is 15.6 Å². The molecule has 0 spiro atoms. The van der Waals surface area contributed by atoms with E-state index >= 15 is 0 Å². The molecule has 1 N–H and O–H groups in total.